The van der Waals surface area contributed by atoms with Crippen molar-refractivity contribution in [3.63, 3.8) is 0 Å². The maximum Gasteiger partial charge on any atom is 0.206 e. The maximum atomic E-state index is 12.8. The van der Waals surface area contributed by atoms with E-state index < -0.39 is 9.84 Å². The van der Waals surface area contributed by atoms with E-state index in [-0.39, 0.29) is 0 Å². The van der Waals surface area contributed by atoms with Gasteiger partial charge >= 0.3 is 0 Å². The van der Waals surface area contributed by atoms with Crippen LogP contribution < -0.4 is 4.74 Å². The predicted molar refractivity (Wildman–Crippen MR) is 120 cm³/mol. The molecule has 4 aromatic rings. The van der Waals surface area contributed by atoms with E-state index in [4.69, 9.17) is 4.74 Å². The van der Waals surface area contributed by atoms with E-state index >= 15 is 0 Å². The zero-order valence-electron chi connectivity index (χ0n) is 16.9. The van der Waals surface area contributed by atoms with Crippen LogP contribution in [0.15, 0.2) is 107 Å². The van der Waals surface area contributed by atoms with Gasteiger partial charge in [0.25, 0.3) is 0 Å². The summed E-state index contributed by atoms with van der Waals surface area (Å²) in [6, 6.07) is 30.1. The quantitative estimate of drug-likeness (QED) is 0.392. The molecule has 0 amide bonds. The van der Waals surface area contributed by atoms with Gasteiger partial charge in [-0.15, -0.1) is 0 Å². The van der Waals surface area contributed by atoms with Crippen LogP contribution in [0.5, 0.6) is 5.75 Å². The second-order valence-corrected chi connectivity index (χ2v) is 9.10. The minimum atomic E-state index is -3.51. The van der Waals surface area contributed by atoms with Crippen LogP contribution in [0, 0.1) is 6.92 Å². The Kier molecular flexibility index (Phi) is 5.42. The third-order valence-electron chi connectivity index (χ3n) is 5.14. The molecule has 0 aliphatic heterocycles. The SMILES string of the molecule is COc1ccc(-c2ccc(-c3ccc(S(=O)(=O)c4ccc(C)cc4)cc3)cc2)cc1. The highest BCUT2D eigenvalue weighted by Gasteiger charge is 2.17. The van der Waals surface area contributed by atoms with Crippen molar-refractivity contribution >= 4 is 9.84 Å². The number of methoxy groups -OCH3 is 1. The third-order valence-corrected chi connectivity index (χ3v) is 6.92. The van der Waals surface area contributed by atoms with Gasteiger partial charge in [0.1, 0.15) is 5.75 Å². The summed E-state index contributed by atoms with van der Waals surface area (Å²) in [5.41, 5.74) is 5.26. The first kappa shape index (κ1) is 19.9. The van der Waals surface area contributed by atoms with Gasteiger partial charge in [-0.1, -0.05) is 66.2 Å². The molecule has 30 heavy (non-hydrogen) atoms. The average molecular weight is 415 g/mol. The van der Waals surface area contributed by atoms with Crippen LogP contribution in [0.25, 0.3) is 22.3 Å². The Morgan fingerprint density at radius 2 is 0.867 bits per heavy atom. The molecule has 0 aromatic heterocycles. The highest BCUT2D eigenvalue weighted by molar-refractivity contribution is 7.91. The van der Waals surface area contributed by atoms with Crippen LogP contribution in [-0.2, 0) is 9.84 Å². The zero-order chi connectivity index (χ0) is 21.1. The average Bonchev–Trinajstić information content (AvgIpc) is 2.80. The summed E-state index contributed by atoms with van der Waals surface area (Å²) in [5.74, 6) is 0.830. The third kappa shape index (κ3) is 4.00. The van der Waals surface area contributed by atoms with E-state index in [1.165, 1.54) is 0 Å². The summed E-state index contributed by atoms with van der Waals surface area (Å²) in [4.78, 5) is 0.606. The molecule has 0 aliphatic rings. The Labute approximate surface area is 177 Å². The maximum absolute atomic E-state index is 12.8. The fraction of sp³-hybridized carbons (Fsp3) is 0.0769. The number of hydrogen-bond acceptors (Lipinski definition) is 3. The monoisotopic (exact) mass is 414 g/mol. The van der Waals surface area contributed by atoms with Crippen molar-refractivity contribution in [2.24, 2.45) is 0 Å². The number of hydrogen-bond donors (Lipinski definition) is 0. The Morgan fingerprint density at radius 1 is 0.533 bits per heavy atom. The number of aryl methyl sites for hydroxylation is 1. The summed E-state index contributed by atoms with van der Waals surface area (Å²) < 4.78 is 30.9. The first-order valence-electron chi connectivity index (χ1n) is 9.64. The van der Waals surface area contributed by atoms with Crippen LogP contribution in [-0.4, -0.2) is 15.5 Å². The van der Waals surface area contributed by atoms with Gasteiger partial charge in [-0.25, -0.2) is 8.42 Å². The van der Waals surface area contributed by atoms with Gasteiger partial charge in [-0.2, -0.15) is 0 Å². The lowest BCUT2D eigenvalue weighted by molar-refractivity contribution is 0.415. The van der Waals surface area contributed by atoms with E-state index in [1.807, 2.05) is 67.6 Å². The first-order valence-corrected chi connectivity index (χ1v) is 11.1. The van der Waals surface area contributed by atoms with Crippen LogP contribution in [0.3, 0.4) is 0 Å². The largest absolute Gasteiger partial charge is 0.497 e. The number of rotatable bonds is 5. The molecule has 0 aliphatic carbocycles. The molecule has 3 nitrogen and oxygen atoms in total. The number of benzene rings is 4. The summed E-state index contributed by atoms with van der Waals surface area (Å²) in [5, 5.41) is 0. The summed E-state index contributed by atoms with van der Waals surface area (Å²) >= 11 is 0. The van der Waals surface area contributed by atoms with E-state index in [0.717, 1.165) is 33.6 Å². The molecule has 150 valence electrons. The van der Waals surface area contributed by atoms with Crippen LogP contribution in [0.1, 0.15) is 5.56 Å². The van der Waals surface area contributed by atoms with Crippen molar-refractivity contribution in [1.29, 1.82) is 0 Å². The first-order chi connectivity index (χ1) is 14.5. The molecule has 0 bridgehead atoms. The summed E-state index contributed by atoms with van der Waals surface area (Å²) in [6.45, 7) is 1.94. The number of sulfone groups is 1. The molecule has 0 heterocycles. The molecule has 0 saturated heterocycles. The zero-order valence-corrected chi connectivity index (χ0v) is 17.7. The highest BCUT2D eigenvalue weighted by atomic mass is 32.2. The Morgan fingerprint density at radius 3 is 1.27 bits per heavy atom. The minimum absolute atomic E-state index is 0.296. The van der Waals surface area contributed by atoms with Crippen molar-refractivity contribution in [3.8, 4) is 28.0 Å². The van der Waals surface area contributed by atoms with Crippen molar-refractivity contribution in [2.45, 2.75) is 16.7 Å². The lowest BCUT2D eigenvalue weighted by Crippen LogP contribution is -2.01. The summed E-state index contributed by atoms with van der Waals surface area (Å²) in [6.07, 6.45) is 0. The van der Waals surface area contributed by atoms with Gasteiger partial charge in [-0.05, 0) is 65.6 Å². The Balaban J connectivity index is 1.57. The molecule has 0 fully saturated rings. The standard InChI is InChI=1S/C26H22O3S/c1-19-3-15-25(16-4-19)30(27,28)26-17-11-23(12-18-26)21-7-5-20(6-8-21)22-9-13-24(29-2)14-10-22/h3-18H,1-2H3. The van der Waals surface area contributed by atoms with E-state index in [9.17, 15) is 8.42 Å². The van der Waals surface area contributed by atoms with Crippen molar-refractivity contribution in [2.75, 3.05) is 7.11 Å². The summed E-state index contributed by atoms with van der Waals surface area (Å²) in [7, 11) is -1.86. The van der Waals surface area contributed by atoms with Crippen molar-refractivity contribution in [3.05, 3.63) is 103 Å². The van der Waals surface area contributed by atoms with E-state index in [2.05, 4.69) is 12.1 Å². The molecule has 0 unspecified atom stereocenters. The van der Waals surface area contributed by atoms with E-state index in [0.29, 0.717) is 9.79 Å². The molecule has 0 atom stereocenters. The molecular formula is C26H22O3S. The molecule has 0 N–H and O–H groups in total. The van der Waals surface area contributed by atoms with Gasteiger partial charge in [0.15, 0.2) is 0 Å². The fourth-order valence-electron chi connectivity index (χ4n) is 3.32. The van der Waals surface area contributed by atoms with Crippen LogP contribution >= 0.6 is 0 Å². The normalized spacial score (nSPS) is 11.3. The van der Waals surface area contributed by atoms with Gasteiger partial charge in [0.05, 0.1) is 16.9 Å². The molecule has 0 radical (unpaired) electrons. The van der Waals surface area contributed by atoms with Gasteiger partial charge in [-0.3, -0.25) is 0 Å². The number of ether oxygens (including phenoxy) is 1. The van der Waals surface area contributed by atoms with Crippen LogP contribution in [0.2, 0.25) is 0 Å². The molecule has 4 aromatic carbocycles. The molecule has 4 rings (SSSR count). The Hall–Kier alpha value is -3.37. The smallest absolute Gasteiger partial charge is 0.206 e. The highest BCUT2D eigenvalue weighted by Crippen LogP contribution is 2.28. The molecular weight excluding hydrogens is 392 g/mol. The Bertz CT molecular complexity index is 1240. The van der Waals surface area contributed by atoms with E-state index in [1.54, 1.807) is 31.4 Å². The lowest BCUT2D eigenvalue weighted by atomic mass is 10.0. The van der Waals surface area contributed by atoms with Crippen molar-refractivity contribution in [1.82, 2.24) is 0 Å². The van der Waals surface area contributed by atoms with Gasteiger partial charge in [0.2, 0.25) is 9.84 Å². The molecule has 4 heteroatoms. The molecule has 0 spiro atoms. The van der Waals surface area contributed by atoms with Gasteiger partial charge in [0, 0.05) is 0 Å². The van der Waals surface area contributed by atoms with Crippen LogP contribution in [0.4, 0.5) is 0 Å². The lowest BCUT2D eigenvalue weighted by Gasteiger charge is -2.08. The fourth-order valence-corrected chi connectivity index (χ4v) is 4.58. The predicted octanol–water partition coefficient (Wildman–Crippen LogP) is 6.17. The molecule has 0 saturated carbocycles. The van der Waals surface area contributed by atoms with Gasteiger partial charge < -0.3 is 4.74 Å². The van der Waals surface area contributed by atoms with Crippen molar-refractivity contribution < 1.29 is 13.2 Å². The second kappa shape index (κ2) is 8.17. The topological polar surface area (TPSA) is 43.4 Å². The second-order valence-electron chi connectivity index (χ2n) is 7.15. The minimum Gasteiger partial charge on any atom is -0.497 e.